The van der Waals surface area contributed by atoms with E-state index < -0.39 is 0 Å². The highest BCUT2D eigenvalue weighted by molar-refractivity contribution is 6.30. The first-order chi connectivity index (χ1) is 11.1. The van der Waals surface area contributed by atoms with E-state index in [-0.39, 0.29) is 12.2 Å². The van der Waals surface area contributed by atoms with Crippen molar-refractivity contribution in [3.05, 3.63) is 58.6 Å². The fraction of sp³-hybridized carbons (Fsp3) is 0.368. The molecule has 1 saturated heterocycles. The second kappa shape index (κ2) is 5.82. The lowest BCUT2D eigenvalue weighted by molar-refractivity contribution is 0.0271. The highest BCUT2D eigenvalue weighted by atomic mass is 35.5. The molecule has 3 atom stereocenters. The third-order valence-electron chi connectivity index (χ3n) is 4.61. The summed E-state index contributed by atoms with van der Waals surface area (Å²) in [6.07, 6.45) is 1.21. The molecule has 4 heteroatoms. The van der Waals surface area contributed by atoms with Crippen molar-refractivity contribution in [2.75, 3.05) is 20.6 Å². The van der Waals surface area contributed by atoms with E-state index in [9.17, 15) is 0 Å². The Morgan fingerprint density at radius 3 is 2.70 bits per heavy atom. The van der Waals surface area contributed by atoms with E-state index in [4.69, 9.17) is 21.1 Å². The van der Waals surface area contributed by atoms with Crippen molar-refractivity contribution in [1.29, 1.82) is 0 Å². The van der Waals surface area contributed by atoms with Gasteiger partial charge < -0.3 is 14.4 Å². The molecule has 0 radical (unpaired) electrons. The van der Waals surface area contributed by atoms with Gasteiger partial charge in [0.15, 0.2) is 0 Å². The van der Waals surface area contributed by atoms with Gasteiger partial charge in [0.1, 0.15) is 11.5 Å². The topological polar surface area (TPSA) is 21.7 Å². The highest BCUT2D eigenvalue weighted by Gasteiger charge is 2.41. The van der Waals surface area contributed by atoms with Crippen molar-refractivity contribution in [2.45, 2.75) is 24.5 Å². The summed E-state index contributed by atoms with van der Waals surface area (Å²) in [5, 5.41) is 0.719. The van der Waals surface area contributed by atoms with Crippen molar-refractivity contribution in [3.63, 3.8) is 0 Å². The number of hydrogen-bond donors (Lipinski definition) is 0. The molecular formula is C19H20ClNO2. The van der Waals surface area contributed by atoms with Crippen LogP contribution < -0.4 is 4.74 Å². The van der Waals surface area contributed by atoms with Crippen LogP contribution in [-0.2, 0) is 4.74 Å². The number of nitrogens with zero attached hydrogens (tertiary/aromatic N) is 1. The first-order valence-corrected chi connectivity index (χ1v) is 8.36. The van der Waals surface area contributed by atoms with Gasteiger partial charge in [-0.3, -0.25) is 0 Å². The second-order valence-electron chi connectivity index (χ2n) is 6.61. The molecule has 23 heavy (non-hydrogen) atoms. The van der Waals surface area contributed by atoms with Crippen LogP contribution in [0.4, 0.5) is 0 Å². The summed E-state index contributed by atoms with van der Waals surface area (Å²) < 4.78 is 12.6. The van der Waals surface area contributed by atoms with Gasteiger partial charge >= 0.3 is 0 Å². The number of likely N-dealkylation sites (N-methyl/N-ethyl adjacent to an activating group) is 1. The summed E-state index contributed by atoms with van der Waals surface area (Å²) in [6.45, 7) is 0.923. The van der Waals surface area contributed by atoms with Gasteiger partial charge in [-0.15, -0.1) is 0 Å². The number of fused-ring (bicyclic) bond motifs is 5. The number of benzene rings is 2. The molecule has 0 saturated carbocycles. The van der Waals surface area contributed by atoms with Crippen LogP contribution in [0.1, 0.15) is 29.6 Å². The number of ether oxygens (including phenoxy) is 2. The molecule has 2 aliphatic heterocycles. The third kappa shape index (κ3) is 2.74. The Balaban J connectivity index is 1.80. The number of rotatable bonds is 2. The van der Waals surface area contributed by atoms with Crippen molar-refractivity contribution < 1.29 is 9.47 Å². The van der Waals surface area contributed by atoms with Crippen molar-refractivity contribution in [3.8, 4) is 11.5 Å². The molecule has 0 bridgehead atoms. The second-order valence-corrected chi connectivity index (χ2v) is 7.04. The Morgan fingerprint density at radius 1 is 1.09 bits per heavy atom. The molecule has 3 nitrogen and oxygen atoms in total. The monoisotopic (exact) mass is 329 g/mol. The normalized spacial score (nSPS) is 25.3. The molecule has 0 aromatic heterocycles. The molecule has 4 rings (SSSR count). The van der Waals surface area contributed by atoms with Crippen molar-refractivity contribution in [2.24, 2.45) is 0 Å². The SMILES string of the molecule is CN(C)C[C@H]1C[C@@H]2c3ccccc3Oc3ccc(Cl)cc3[C@H]2O1. The van der Waals surface area contributed by atoms with Crippen LogP contribution in [-0.4, -0.2) is 31.6 Å². The Labute approximate surface area is 141 Å². The maximum Gasteiger partial charge on any atom is 0.133 e. The zero-order valence-corrected chi connectivity index (χ0v) is 14.1. The van der Waals surface area contributed by atoms with Gasteiger partial charge in [-0.25, -0.2) is 0 Å². The first-order valence-electron chi connectivity index (χ1n) is 7.98. The highest BCUT2D eigenvalue weighted by Crippen LogP contribution is 2.53. The average Bonchev–Trinajstić information content (AvgIpc) is 2.87. The summed E-state index contributed by atoms with van der Waals surface area (Å²) in [5.74, 6) is 2.08. The number of para-hydroxylation sites is 1. The molecular weight excluding hydrogens is 310 g/mol. The Morgan fingerprint density at radius 2 is 1.87 bits per heavy atom. The van der Waals surface area contributed by atoms with E-state index in [1.54, 1.807) is 0 Å². The van der Waals surface area contributed by atoms with Crippen LogP contribution in [0.5, 0.6) is 11.5 Å². The maximum atomic E-state index is 6.41. The predicted molar refractivity (Wildman–Crippen MR) is 91.5 cm³/mol. The van der Waals surface area contributed by atoms with Crippen LogP contribution in [0.3, 0.4) is 0 Å². The lowest BCUT2D eigenvalue weighted by atomic mass is 9.87. The van der Waals surface area contributed by atoms with Crippen molar-refractivity contribution in [1.82, 2.24) is 4.90 Å². The summed E-state index contributed by atoms with van der Waals surface area (Å²) in [7, 11) is 4.17. The first kappa shape index (κ1) is 15.0. The zero-order chi connectivity index (χ0) is 16.0. The largest absolute Gasteiger partial charge is 0.457 e. The van der Waals surface area contributed by atoms with E-state index in [1.807, 2.05) is 30.3 Å². The molecule has 2 aliphatic rings. The van der Waals surface area contributed by atoms with E-state index in [0.717, 1.165) is 35.1 Å². The molecule has 0 unspecified atom stereocenters. The lowest BCUT2D eigenvalue weighted by Crippen LogP contribution is -2.25. The smallest absolute Gasteiger partial charge is 0.133 e. The summed E-state index contributed by atoms with van der Waals surface area (Å²) >= 11 is 6.23. The summed E-state index contributed by atoms with van der Waals surface area (Å²) in [5.41, 5.74) is 2.28. The fourth-order valence-corrected chi connectivity index (χ4v) is 3.88. The fourth-order valence-electron chi connectivity index (χ4n) is 3.70. The molecule has 2 heterocycles. The van der Waals surface area contributed by atoms with Crippen LogP contribution in [0, 0.1) is 0 Å². The molecule has 0 amide bonds. The molecule has 2 aromatic carbocycles. The van der Waals surface area contributed by atoms with E-state index in [2.05, 4.69) is 31.1 Å². The van der Waals surface area contributed by atoms with Crippen LogP contribution in [0.15, 0.2) is 42.5 Å². The van der Waals surface area contributed by atoms with E-state index in [0.29, 0.717) is 5.92 Å². The molecule has 2 aromatic rings. The third-order valence-corrected chi connectivity index (χ3v) is 4.84. The van der Waals surface area contributed by atoms with Gasteiger partial charge in [0.25, 0.3) is 0 Å². The average molecular weight is 330 g/mol. The van der Waals surface area contributed by atoms with Gasteiger partial charge in [-0.1, -0.05) is 29.8 Å². The molecule has 0 N–H and O–H groups in total. The quantitative estimate of drug-likeness (QED) is 0.802. The van der Waals surface area contributed by atoms with Crippen LogP contribution in [0.25, 0.3) is 0 Å². The number of halogens is 1. The van der Waals surface area contributed by atoms with Crippen LogP contribution in [0.2, 0.25) is 5.02 Å². The maximum absolute atomic E-state index is 6.41. The minimum atomic E-state index is -0.00250. The number of hydrogen-bond acceptors (Lipinski definition) is 3. The van der Waals surface area contributed by atoms with Gasteiger partial charge in [0.05, 0.1) is 12.2 Å². The van der Waals surface area contributed by atoms with Gasteiger partial charge in [0, 0.05) is 28.6 Å². The van der Waals surface area contributed by atoms with E-state index >= 15 is 0 Å². The van der Waals surface area contributed by atoms with Crippen LogP contribution >= 0.6 is 11.6 Å². The molecule has 0 aliphatic carbocycles. The zero-order valence-electron chi connectivity index (χ0n) is 13.3. The molecule has 1 fully saturated rings. The summed E-state index contributed by atoms with van der Waals surface area (Å²) in [6, 6.07) is 14.1. The Bertz CT molecular complexity index is 731. The Kier molecular flexibility index (Phi) is 3.80. The molecule has 120 valence electrons. The molecule has 0 spiro atoms. The van der Waals surface area contributed by atoms with Gasteiger partial charge in [0.2, 0.25) is 0 Å². The van der Waals surface area contributed by atoms with Gasteiger partial charge in [-0.2, -0.15) is 0 Å². The minimum absolute atomic E-state index is 0.00250. The summed E-state index contributed by atoms with van der Waals surface area (Å²) in [4.78, 5) is 2.18. The van der Waals surface area contributed by atoms with Gasteiger partial charge in [-0.05, 0) is 44.8 Å². The Hall–Kier alpha value is -1.55. The minimum Gasteiger partial charge on any atom is -0.457 e. The van der Waals surface area contributed by atoms with E-state index in [1.165, 1.54) is 5.56 Å². The standard InChI is InChI=1S/C19H20ClNO2/c1-21(2)11-13-10-15-14-5-3-4-6-17(14)23-18-8-7-12(20)9-16(18)19(15)22-13/h3-9,13,15,19H,10-11H2,1-2H3/t13-,15-,19+/m1/s1. The van der Waals surface area contributed by atoms with Crippen molar-refractivity contribution >= 4 is 11.6 Å². The lowest BCUT2D eigenvalue weighted by Gasteiger charge is -2.19. The predicted octanol–water partition coefficient (Wildman–Crippen LogP) is 4.62.